The van der Waals surface area contributed by atoms with Gasteiger partial charge in [-0.2, -0.15) is 4.98 Å². The van der Waals surface area contributed by atoms with E-state index in [0.717, 1.165) is 47.9 Å². The van der Waals surface area contributed by atoms with E-state index in [4.69, 9.17) is 4.52 Å². The molecule has 1 fully saturated rings. The van der Waals surface area contributed by atoms with Gasteiger partial charge in [0.2, 0.25) is 5.89 Å². The highest BCUT2D eigenvalue weighted by molar-refractivity contribution is 7.13. The first-order chi connectivity index (χ1) is 11.6. The van der Waals surface area contributed by atoms with Crippen LogP contribution in [0.2, 0.25) is 0 Å². The molecule has 3 heterocycles. The van der Waals surface area contributed by atoms with Crippen LogP contribution < -0.4 is 5.32 Å². The summed E-state index contributed by atoms with van der Waals surface area (Å²) in [5, 5.41) is 7.13. The van der Waals surface area contributed by atoms with Crippen molar-refractivity contribution in [2.24, 2.45) is 0 Å². The van der Waals surface area contributed by atoms with Crippen molar-refractivity contribution in [1.82, 2.24) is 20.4 Å². The highest BCUT2D eigenvalue weighted by Gasteiger charge is 2.27. The largest absolute Gasteiger partial charge is 0.349 e. The number of nitrogens with zero attached hydrogens (tertiary/aromatic N) is 3. The van der Waals surface area contributed by atoms with Crippen LogP contribution in [0.15, 0.2) is 16.7 Å². The van der Waals surface area contributed by atoms with Gasteiger partial charge < -0.3 is 9.84 Å². The molecule has 0 bridgehead atoms. The zero-order valence-electron chi connectivity index (χ0n) is 14.4. The van der Waals surface area contributed by atoms with Crippen molar-refractivity contribution in [2.45, 2.75) is 52.1 Å². The number of nitrogens with one attached hydrogen (secondary N) is 1. The van der Waals surface area contributed by atoms with Gasteiger partial charge in [-0.15, -0.1) is 11.3 Å². The molecule has 0 aliphatic carbocycles. The lowest BCUT2D eigenvalue weighted by Crippen LogP contribution is -2.45. The molecule has 0 radical (unpaired) electrons. The lowest BCUT2D eigenvalue weighted by molar-refractivity contribution is 0.0885. The molecule has 130 valence electrons. The number of hydrogen-bond donors (Lipinski definition) is 1. The summed E-state index contributed by atoms with van der Waals surface area (Å²) in [6.45, 7) is 7.96. The summed E-state index contributed by atoms with van der Waals surface area (Å²) >= 11 is 1.54. The third-order valence-corrected chi connectivity index (χ3v) is 5.53. The van der Waals surface area contributed by atoms with E-state index in [9.17, 15) is 4.79 Å². The van der Waals surface area contributed by atoms with Gasteiger partial charge in [-0.3, -0.25) is 9.69 Å². The van der Waals surface area contributed by atoms with Crippen LogP contribution in [0.1, 0.15) is 59.0 Å². The second-order valence-electron chi connectivity index (χ2n) is 6.27. The molecule has 0 saturated carbocycles. The Morgan fingerprint density at radius 1 is 1.46 bits per heavy atom. The van der Waals surface area contributed by atoms with E-state index in [0.29, 0.717) is 5.89 Å². The SMILES string of the molecule is CCc1noc([C@@H](C)N2CCC(NC(=O)c3ccc(C)s3)CC2)n1. The standard InChI is InChI=1S/C17H24N4O2S/c1-4-15-19-17(23-20-15)12(3)21-9-7-13(8-10-21)18-16(22)14-6-5-11(2)24-14/h5-6,12-13H,4,7-10H2,1-3H3,(H,18,22)/t12-/m1/s1. The minimum atomic E-state index is 0.0455. The topological polar surface area (TPSA) is 71.3 Å². The fourth-order valence-corrected chi connectivity index (χ4v) is 3.75. The van der Waals surface area contributed by atoms with Gasteiger partial charge in [0.25, 0.3) is 5.91 Å². The van der Waals surface area contributed by atoms with Crippen LogP contribution in [0.25, 0.3) is 0 Å². The van der Waals surface area contributed by atoms with Gasteiger partial charge in [0.1, 0.15) is 0 Å². The van der Waals surface area contributed by atoms with Crippen LogP contribution in [0.5, 0.6) is 0 Å². The van der Waals surface area contributed by atoms with Crippen molar-refractivity contribution in [3.8, 4) is 0 Å². The average molecular weight is 348 g/mol. The fourth-order valence-electron chi connectivity index (χ4n) is 2.98. The monoisotopic (exact) mass is 348 g/mol. The maximum Gasteiger partial charge on any atom is 0.261 e. The van der Waals surface area contributed by atoms with Crippen molar-refractivity contribution in [3.05, 3.63) is 33.6 Å². The number of likely N-dealkylation sites (tertiary alicyclic amines) is 1. The van der Waals surface area contributed by atoms with E-state index in [-0.39, 0.29) is 18.0 Å². The molecule has 3 rings (SSSR count). The zero-order chi connectivity index (χ0) is 17.1. The van der Waals surface area contributed by atoms with Crippen LogP contribution in [0, 0.1) is 6.92 Å². The van der Waals surface area contributed by atoms with Crippen molar-refractivity contribution < 1.29 is 9.32 Å². The van der Waals surface area contributed by atoms with Crippen molar-refractivity contribution >= 4 is 17.2 Å². The maximum atomic E-state index is 12.3. The fraction of sp³-hybridized carbons (Fsp3) is 0.588. The van der Waals surface area contributed by atoms with E-state index >= 15 is 0 Å². The average Bonchev–Trinajstić information content (AvgIpc) is 3.23. The molecule has 0 unspecified atom stereocenters. The Kier molecular flexibility index (Phi) is 5.30. The number of carbonyl (C=O) groups excluding carboxylic acids is 1. The predicted octanol–water partition coefficient (Wildman–Crippen LogP) is 2.96. The third kappa shape index (κ3) is 3.84. The molecule has 24 heavy (non-hydrogen) atoms. The molecular weight excluding hydrogens is 324 g/mol. The van der Waals surface area contributed by atoms with E-state index < -0.39 is 0 Å². The van der Waals surface area contributed by atoms with Gasteiger partial charge in [0, 0.05) is 30.4 Å². The van der Waals surface area contributed by atoms with E-state index in [2.05, 4.69) is 27.3 Å². The molecule has 1 saturated heterocycles. The van der Waals surface area contributed by atoms with Gasteiger partial charge in [0.15, 0.2) is 5.82 Å². The third-order valence-electron chi connectivity index (χ3n) is 4.53. The van der Waals surface area contributed by atoms with Gasteiger partial charge >= 0.3 is 0 Å². The zero-order valence-corrected chi connectivity index (χ0v) is 15.2. The Morgan fingerprint density at radius 2 is 2.21 bits per heavy atom. The molecule has 1 amide bonds. The number of piperidine rings is 1. The van der Waals surface area contributed by atoms with E-state index in [1.165, 1.54) is 0 Å². The molecule has 1 atom stereocenters. The highest BCUT2D eigenvalue weighted by Crippen LogP contribution is 2.23. The summed E-state index contributed by atoms with van der Waals surface area (Å²) < 4.78 is 5.35. The quantitative estimate of drug-likeness (QED) is 0.899. The predicted molar refractivity (Wildman–Crippen MR) is 93.2 cm³/mol. The molecule has 7 heteroatoms. The van der Waals surface area contributed by atoms with E-state index in [1.807, 2.05) is 26.0 Å². The van der Waals surface area contributed by atoms with Crippen LogP contribution >= 0.6 is 11.3 Å². The first-order valence-electron chi connectivity index (χ1n) is 8.50. The van der Waals surface area contributed by atoms with Gasteiger partial charge in [-0.25, -0.2) is 0 Å². The smallest absolute Gasteiger partial charge is 0.261 e. The molecule has 6 nitrogen and oxygen atoms in total. The summed E-state index contributed by atoms with van der Waals surface area (Å²) in [6, 6.07) is 4.23. The second-order valence-corrected chi connectivity index (χ2v) is 7.56. The lowest BCUT2D eigenvalue weighted by atomic mass is 10.0. The summed E-state index contributed by atoms with van der Waals surface area (Å²) in [7, 11) is 0. The Morgan fingerprint density at radius 3 is 2.79 bits per heavy atom. The van der Waals surface area contributed by atoms with Crippen LogP contribution in [-0.4, -0.2) is 40.1 Å². The number of aryl methyl sites for hydroxylation is 2. The number of carbonyl (C=O) groups is 1. The Hall–Kier alpha value is -1.73. The Balaban J connectivity index is 1.51. The first-order valence-corrected chi connectivity index (χ1v) is 9.32. The minimum Gasteiger partial charge on any atom is -0.349 e. The maximum absolute atomic E-state index is 12.3. The summed E-state index contributed by atoms with van der Waals surface area (Å²) in [5.74, 6) is 1.48. The van der Waals surface area contributed by atoms with Crippen LogP contribution in [-0.2, 0) is 6.42 Å². The molecule has 0 aromatic carbocycles. The molecule has 1 N–H and O–H groups in total. The van der Waals surface area contributed by atoms with Crippen molar-refractivity contribution in [3.63, 3.8) is 0 Å². The summed E-state index contributed by atoms with van der Waals surface area (Å²) in [6.07, 6.45) is 2.66. The number of hydrogen-bond acceptors (Lipinski definition) is 6. The molecule has 2 aromatic heterocycles. The number of amides is 1. The molecular formula is C17H24N4O2S. The van der Waals surface area contributed by atoms with Crippen LogP contribution in [0.3, 0.4) is 0 Å². The van der Waals surface area contributed by atoms with Crippen molar-refractivity contribution in [2.75, 3.05) is 13.1 Å². The molecule has 2 aromatic rings. The number of rotatable bonds is 5. The number of thiophene rings is 1. The van der Waals surface area contributed by atoms with Crippen molar-refractivity contribution in [1.29, 1.82) is 0 Å². The van der Waals surface area contributed by atoms with Gasteiger partial charge in [-0.05, 0) is 38.8 Å². The van der Waals surface area contributed by atoms with Crippen LogP contribution in [0.4, 0.5) is 0 Å². The van der Waals surface area contributed by atoms with Gasteiger partial charge in [0.05, 0.1) is 10.9 Å². The Labute approximate surface area is 146 Å². The minimum absolute atomic E-state index is 0.0455. The molecule has 1 aliphatic heterocycles. The summed E-state index contributed by atoms with van der Waals surface area (Å²) in [5.41, 5.74) is 0. The van der Waals surface area contributed by atoms with E-state index in [1.54, 1.807) is 11.3 Å². The lowest BCUT2D eigenvalue weighted by Gasteiger charge is -2.34. The molecule has 0 spiro atoms. The summed E-state index contributed by atoms with van der Waals surface area (Å²) in [4.78, 5) is 21.0. The number of aromatic nitrogens is 2. The first kappa shape index (κ1) is 17.1. The molecule has 1 aliphatic rings. The second kappa shape index (κ2) is 7.44. The Bertz CT molecular complexity index is 688. The normalized spacial score (nSPS) is 17.8. The highest BCUT2D eigenvalue weighted by atomic mass is 32.1. The van der Waals surface area contributed by atoms with Gasteiger partial charge in [-0.1, -0.05) is 12.1 Å².